The SMILES string of the molecule is NCCCC[C@H](NC(=O)[C@H](CCCN=C(N)N)NC(=O)[C@H](Cc1ccc(O)cc1)NC(=O)[C@@H](N)CS)C(=O)N[C@@H](CS)C(=O)N[C@H](C=O)Cc1ccc(O)cc1. The molecule has 0 spiro atoms. The lowest BCUT2D eigenvalue weighted by Crippen LogP contribution is -2.59. The van der Waals surface area contributed by atoms with Crippen LogP contribution in [0, 0.1) is 0 Å². The van der Waals surface area contributed by atoms with Gasteiger partial charge in [-0.3, -0.25) is 29.0 Å². The van der Waals surface area contributed by atoms with Crippen LogP contribution >= 0.6 is 25.3 Å². The summed E-state index contributed by atoms with van der Waals surface area (Å²) < 4.78 is 0. The maximum atomic E-state index is 13.9. The second-order valence-electron chi connectivity index (χ2n) is 12.9. The van der Waals surface area contributed by atoms with Gasteiger partial charge in [-0.25, -0.2) is 0 Å². The minimum absolute atomic E-state index is 0.00394. The van der Waals surface area contributed by atoms with E-state index in [1.807, 2.05) is 0 Å². The number of aldehydes is 1. The maximum absolute atomic E-state index is 13.9. The highest BCUT2D eigenvalue weighted by Gasteiger charge is 2.32. The first-order valence-electron chi connectivity index (χ1n) is 18.0. The molecule has 5 amide bonds. The van der Waals surface area contributed by atoms with E-state index in [-0.39, 0.29) is 67.6 Å². The summed E-state index contributed by atoms with van der Waals surface area (Å²) in [5.74, 6) is -3.87. The molecule has 0 aliphatic rings. The Balaban J connectivity index is 2.30. The summed E-state index contributed by atoms with van der Waals surface area (Å²) in [6.07, 6.45) is 1.93. The monoisotopic (exact) mass is 818 g/mol. The number of unbranched alkanes of at least 4 members (excludes halogenated alkanes) is 1. The first-order chi connectivity index (χ1) is 26.7. The molecule has 0 bridgehead atoms. The number of aliphatic imine (C=N–C) groups is 1. The molecule has 0 aromatic heterocycles. The van der Waals surface area contributed by atoms with Crippen LogP contribution in [0.3, 0.4) is 0 Å². The van der Waals surface area contributed by atoms with E-state index in [4.69, 9.17) is 22.9 Å². The van der Waals surface area contributed by atoms with Crippen molar-refractivity contribution in [2.75, 3.05) is 24.6 Å². The van der Waals surface area contributed by atoms with Crippen molar-refractivity contribution >= 4 is 67.0 Å². The van der Waals surface area contributed by atoms with E-state index >= 15 is 0 Å². The molecule has 18 nitrogen and oxygen atoms in total. The van der Waals surface area contributed by atoms with Crippen molar-refractivity contribution in [3.05, 3.63) is 59.7 Å². The van der Waals surface area contributed by atoms with Crippen LogP contribution in [0.1, 0.15) is 43.2 Å². The topological polar surface area (TPSA) is 319 Å². The molecule has 2 aromatic rings. The van der Waals surface area contributed by atoms with Crippen LogP contribution in [-0.4, -0.2) is 113 Å². The van der Waals surface area contributed by atoms with Gasteiger partial charge < -0.3 is 64.5 Å². The van der Waals surface area contributed by atoms with Gasteiger partial charge in [-0.15, -0.1) is 0 Å². The van der Waals surface area contributed by atoms with Crippen LogP contribution in [0.4, 0.5) is 0 Å². The third kappa shape index (κ3) is 17.2. The second kappa shape index (κ2) is 25.2. The fourth-order valence-electron chi connectivity index (χ4n) is 5.29. The molecule has 2 aromatic carbocycles. The lowest BCUT2D eigenvalue weighted by atomic mass is 10.0. The molecule has 0 saturated heterocycles. The van der Waals surface area contributed by atoms with Crippen molar-refractivity contribution in [2.45, 2.75) is 81.2 Å². The Bertz CT molecular complexity index is 1610. The molecule has 56 heavy (non-hydrogen) atoms. The summed E-state index contributed by atoms with van der Waals surface area (Å²) in [5.41, 5.74) is 23.7. The number of carbonyl (C=O) groups is 6. The molecular formula is C36H54N10O8S2. The molecular weight excluding hydrogens is 765 g/mol. The number of thiol groups is 2. The van der Waals surface area contributed by atoms with Gasteiger partial charge in [-0.05, 0) is 80.5 Å². The van der Waals surface area contributed by atoms with Crippen LogP contribution < -0.4 is 49.5 Å². The molecule has 0 aliphatic carbocycles. The van der Waals surface area contributed by atoms with Crippen LogP contribution in [-0.2, 0) is 41.6 Å². The standard InChI is InChI=1S/C36H54N10O8S2/c37-14-2-1-4-27(33(52)46-30(20-56)35(54)42-23(18-47)16-21-6-10-24(48)11-7-21)43-32(51)28(5-3-15-41-36(39)40)44-34(53)29(45-31(50)26(38)19-55)17-22-8-12-25(49)13-9-22/h6-13,18,23,26-30,48-49,55-56H,1-5,14-17,19-20,37-38H2,(H,42,54)(H,43,51)(H,44,53)(H,45,50)(H,46,52)(H4,39,40,41)/t23-,26-,27-,28-,29-,30-/m0/s1. The summed E-state index contributed by atoms with van der Waals surface area (Å²) in [6.45, 7) is 0.423. The molecule has 2 rings (SSSR count). The lowest BCUT2D eigenvalue weighted by Gasteiger charge is -2.27. The molecule has 308 valence electrons. The number of nitrogens with one attached hydrogen (secondary N) is 5. The quantitative estimate of drug-likeness (QED) is 0.0168. The zero-order valence-electron chi connectivity index (χ0n) is 30.9. The maximum Gasteiger partial charge on any atom is 0.244 e. The number of phenolic OH excluding ortho intramolecular Hbond substituents is 2. The fourth-order valence-corrected chi connectivity index (χ4v) is 5.71. The number of phenols is 2. The summed E-state index contributed by atoms with van der Waals surface area (Å²) in [5, 5.41) is 32.4. The highest BCUT2D eigenvalue weighted by molar-refractivity contribution is 7.80. The van der Waals surface area contributed by atoms with Gasteiger partial charge in [0.25, 0.3) is 0 Å². The largest absolute Gasteiger partial charge is 0.508 e. The Morgan fingerprint density at radius 2 is 1.11 bits per heavy atom. The summed E-state index contributed by atoms with van der Waals surface area (Å²) >= 11 is 8.28. The molecule has 0 unspecified atom stereocenters. The van der Waals surface area contributed by atoms with Gasteiger partial charge in [-0.2, -0.15) is 25.3 Å². The number of rotatable bonds is 25. The van der Waals surface area contributed by atoms with E-state index in [1.54, 1.807) is 24.3 Å². The van der Waals surface area contributed by atoms with Gasteiger partial charge in [-0.1, -0.05) is 24.3 Å². The van der Waals surface area contributed by atoms with E-state index in [1.165, 1.54) is 24.3 Å². The molecule has 15 N–H and O–H groups in total. The van der Waals surface area contributed by atoms with Gasteiger partial charge in [0.05, 0.1) is 12.1 Å². The van der Waals surface area contributed by atoms with Crippen molar-refractivity contribution in [3.8, 4) is 11.5 Å². The summed E-state index contributed by atoms with van der Waals surface area (Å²) in [7, 11) is 0. The number of aromatic hydroxyl groups is 2. The van der Waals surface area contributed by atoms with Crippen LogP contribution in [0.25, 0.3) is 0 Å². The summed E-state index contributed by atoms with van der Waals surface area (Å²) in [4.78, 5) is 83.1. The van der Waals surface area contributed by atoms with Crippen molar-refractivity contribution < 1.29 is 39.0 Å². The van der Waals surface area contributed by atoms with Gasteiger partial charge >= 0.3 is 0 Å². The summed E-state index contributed by atoms with van der Waals surface area (Å²) in [6, 6.07) is 5.22. The Labute approximate surface area is 336 Å². The van der Waals surface area contributed by atoms with Gasteiger partial charge in [0.2, 0.25) is 29.5 Å². The number of guanidine groups is 1. The van der Waals surface area contributed by atoms with Gasteiger partial charge in [0.15, 0.2) is 5.96 Å². The van der Waals surface area contributed by atoms with E-state index < -0.39 is 65.8 Å². The van der Waals surface area contributed by atoms with Crippen molar-refractivity contribution in [1.29, 1.82) is 0 Å². The molecule has 0 saturated carbocycles. The van der Waals surface area contributed by atoms with Crippen molar-refractivity contribution in [1.82, 2.24) is 26.6 Å². The van der Waals surface area contributed by atoms with Crippen LogP contribution in [0.5, 0.6) is 11.5 Å². The third-order valence-corrected chi connectivity index (χ3v) is 9.16. The highest BCUT2D eigenvalue weighted by Crippen LogP contribution is 2.14. The number of carbonyl (C=O) groups excluding carboxylic acids is 6. The van der Waals surface area contributed by atoms with E-state index in [9.17, 15) is 39.0 Å². The Morgan fingerprint density at radius 3 is 1.59 bits per heavy atom. The van der Waals surface area contributed by atoms with Crippen LogP contribution in [0.2, 0.25) is 0 Å². The van der Waals surface area contributed by atoms with Crippen molar-refractivity contribution in [2.24, 2.45) is 27.9 Å². The average Bonchev–Trinajstić information content (AvgIpc) is 3.17. The fraction of sp³-hybridized carbons (Fsp3) is 0.472. The molecule has 6 atom stereocenters. The first-order valence-corrected chi connectivity index (χ1v) is 19.2. The Morgan fingerprint density at radius 1 is 0.643 bits per heavy atom. The van der Waals surface area contributed by atoms with Crippen molar-refractivity contribution in [3.63, 3.8) is 0 Å². The number of benzene rings is 2. The predicted molar refractivity (Wildman–Crippen MR) is 218 cm³/mol. The van der Waals surface area contributed by atoms with Gasteiger partial charge in [0, 0.05) is 24.5 Å². The van der Waals surface area contributed by atoms with Gasteiger partial charge in [0.1, 0.15) is 42.0 Å². The van der Waals surface area contributed by atoms with Crippen LogP contribution in [0.15, 0.2) is 53.5 Å². The smallest absolute Gasteiger partial charge is 0.244 e. The van der Waals surface area contributed by atoms with E-state index in [0.29, 0.717) is 36.8 Å². The number of hydrogen-bond acceptors (Lipinski definition) is 13. The van der Waals surface area contributed by atoms with E-state index in [2.05, 4.69) is 56.8 Å². The minimum Gasteiger partial charge on any atom is -0.508 e. The first kappa shape index (κ1) is 47.1. The molecule has 0 aliphatic heterocycles. The molecule has 20 heteroatoms. The lowest BCUT2D eigenvalue weighted by molar-refractivity contribution is -0.134. The molecule has 0 radical (unpaired) electrons. The molecule has 0 heterocycles. The third-order valence-electron chi connectivity index (χ3n) is 8.40. The Kier molecular flexibility index (Phi) is 21.2. The Hall–Kier alpha value is -5.05. The number of amides is 5. The normalized spacial score (nSPS) is 14.1. The predicted octanol–water partition coefficient (Wildman–Crippen LogP) is -2.12. The average molecular weight is 819 g/mol. The highest BCUT2D eigenvalue weighted by atomic mass is 32.1. The zero-order valence-corrected chi connectivity index (χ0v) is 32.7. The minimum atomic E-state index is -1.25. The number of nitrogens with zero attached hydrogens (tertiary/aromatic N) is 1. The molecule has 0 fully saturated rings. The van der Waals surface area contributed by atoms with E-state index in [0.717, 1.165) is 0 Å². The zero-order chi connectivity index (χ0) is 41.6. The number of nitrogens with two attached hydrogens (primary N) is 4. The number of hydrogen-bond donors (Lipinski definition) is 13. The second-order valence-corrected chi connectivity index (χ2v) is 13.7.